The van der Waals surface area contributed by atoms with Crippen molar-refractivity contribution >= 4 is 17.8 Å². The summed E-state index contributed by atoms with van der Waals surface area (Å²) in [4.78, 5) is 30.3. The van der Waals surface area contributed by atoms with Crippen molar-refractivity contribution in [1.29, 1.82) is 0 Å². The highest BCUT2D eigenvalue weighted by atomic mass is 16.5. The molecule has 8 heteroatoms. The maximum atomic E-state index is 12.3. The Kier molecular flexibility index (Phi) is 5.34. The van der Waals surface area contributed by atoms with Crippen molar-refractivity contribution in [1.82, 2.24) is 19.9 Å². The summed E-state index contributed by atoms with van der Waals surface area (Å²) in [5.74, 6) is 1.30. The lowest BCUT2D eigenvalue weighted by Crippen LogP contribution is -2.52. The van der Waals surface area contributed by atoms with Gasteiger partial charge in [0, 0.05) is 45.3 Å². The number of piperazine rings is 1. The van der Waals surface area contributed by atoms with Crippen molar-refractivity contribution in [2.24, 2.45) is 0 Å². The Bertz CT molecular complexity index is 574. The Morgan fingerprint density at radius 1 is 1.08 bits per heavy atom. The Morgan fingerprint density at radius 3 is 2.42 bits per heavy atom. The van der Waals surface area contributed by atoms with Crippen LogP contribution in [0.3, 0.4) is 0 Å². The molecule has 3 rings (SSSR count). The van der Waals surface area contributed by atoms with Gasteiger partial charge in [-0.25, -0.2) is 4.79 Å². The third-order valence-electron chi connectivity index (χ3n) is 4.59. The summed E-state index contributed by atoms with van der Waals surface area (Å²) < 4.78 is 4.94. The van der Waals surface area contributed by atoms with Crippen molar-refractivity contribution < 1.29 is 14.1 Å². The minimum absolute atomic E-state index is 0.176. The molecule has 1 aromatic rings. The number of anilines is 1. The van der Waals surface area contributed by atoms with Gasteiger partial charge in [0.15, 0.2) is 5.82 Å². The molecule has 3 heterocycles. The summed E-state index contributed by atoms with van der Waals surface area (Å²) in [5, 5.41) is 6.49. The van der Waals surface area contributed by atoms with Gasteiger partial charge < -0.3 is 14.3 Å². The van der Waals surface area contributed by atoms with Crippen LogP contribution in [0.25, 0.3) is 0 Å². The molecule has 0 radical (unpaired) electrons. The molecule has 1 aromatic heterocycles. The fourth-order valence-electron chi connectivity index (χ4n) is 3.16. The van der Waals surface area contributed by atoms with Gasteiger partial charge in [-0.3, -0.25) is 15.0 Å². The number of likely N-dealkylation sites (tertiary alicyclic amines) is 1. The van der Waals surface area contributed by atoms with E-state index in [4.69, 9.17) is 4.52 Å². The monoisotopic (exact) mass is 335 g/mol. The summed E-state index contributed by atoms with van der Waals surface area (Å²) in [5.41, 5.74) is 0. The highest BCUT2D eigenvalue weighted by Crippen LogP contribution is 2.12. The third-order valence-corrected chi connectivity index (χ3v) is 4.59. The standard InChI is InChI=1S/C16H25N5O3/c1-13-11-14(18-24-13)17-16(23)21-9-7-19(8-10-21)12-15(22)20-5-3-2-4-6-20/h11H,2-10,12H2,1H3,(H,17,18,23). The molecule has 0 bridgehead atoms. The zero-order valence-corrected chi connectivity index (χ0v) is 14.2. The highest BCUT2D eigenvalue weighted by Gasteiger charge is 2.25. The number of piperidine rings is 1. The molecule has 2 aliphatic rings. The molecule has 132 valence electrons. The van der Waals surface area contributed by atoms with Crippen LogP contribution in [0.15, 0.2) is 10.6 Å². The number of hydrogen-bond donors (Lipinski definition) is 1. The Labute approximate surface area is 141 Å². The van der Waals surface area contributed by atoms with Crippen LogP contribution < -0.4 is 5.32 Å². The van der Waals surface area contributed by atoms with E-state index < -0.39 is 0 Å². The molecule has 8 nitrogen and oxygen atoms in total. The van der Waals surface area contributed by atoms with Crippen LogP contribution in [0.5, 0.6) is 0 Å². The number of nitrogens with one attached hydrogen (secondary N) is 1. The Hall–Kier alpha value is -2.09. The first-order valence-corrected chi connectivity index (χ1v) is 8.61. The Morgan fingerprint density at radius 2 is 1.79 bits per heavy atom. The summed E-state index contributed by atoms with van der Waals surface area (Å²) in [7, 11) is 0. The van der Waals surface area contributed by atoms with Gasteiger partial charge in [0.05, 0.1) is 6.54 Å². The van der Waals surface area contributed by atoms with E-state index >= 15 is 0 Å². The largest absolute Gasteiger partial charge is 0.360 e. The normalized spacial score (nSPS) is 19.4. The quantitative estimate of drug-likeness (QED) is 0.896. The third kappa shape index (κ3) is 4.25. The van der Waals surface area contributed by atoms with Crippen LogP contribution in [-0.2, 0) is 4.79 Å². The van der Waals surface area contributed by atoms with Gasteiger partial charge in [0.25, 0.3) is 0 Å². The number of urea groups is 1. The lowest BCUT2D eigenvalue weighted by molar-refractivity contribution is -0.133. The van der Waals surface area contributed by atoms with Crippen molar-refractivity contribution in [2.75, 3.05) is 51.1 Å². The van der Waals surface area contributed by atoms with Crippen molar-refractivity contribution in [3.05, 3.63) is 11.8 Å². The molecule has 0 aromatic carbocycles. The molecule has 0 aliphatic carbocycles. The van der Waals surface area contributed by atoms with E-state index in [0.717, 1.165) is 25.9 Å². The van der Waals surface area contributed by atoms with Crippen LogP contribution in [0.1, 0.15) is 25.0 Å². The Balaban J connectivity index is 1.41. The minimum atomic E-state index is -0.176. The predicted octanol–water partition coefficient (Wildman–Crippen LogP) is 1.15. The predicted molar refractivity (Wildman–Crippen MR) is 88.7 cm³/mol. The van der Waals surface area contributed by atoms with Crippen LogP contribution in [0.4, 0.5) is 10.6 Å². The second-order valence-corrected chi connectivity index (χ2v) is 6.46. The van der Waals surface area contributed by atoms with E-state index in [1.165, 1.54) is 6.42 Å². The molecular weight excluding hydrogens is 310 g/mol. The number of carbonyl (C=O) groups is 2. The second-order valence-electron chi connectivity index (χ2n) is 6.46. The highest BCUT2D eigenvalue weighted by molar-refractivity contribution is 5.88. The summed E-state index contributed by atoms with van der Waals surface area (Å²) in [6.07, 6.45) is 3.45. The van der Waals surface area contributed by atoms with Crippen molar-refractivity contribution in [3.8, 4) is 0 Å². The molecule has 0 saturated carbocycles. The zero-order chi connectivity index (χ0) is 16.9. The smallest absolute Gasteiger partial charge is 0.323 e. The maximum Gasteiger partial charge on any atom is 0.323 e. The van der Waals surface area contributed by atoms with E-state index in [9.17, 15) is 9.59 Å². The van der Waals surface area contributed by atoms with Gasteiger partial charge in [-0.2, -0.15) is 0 Å². The number of aromatic nitrogens is 1. The molecule has 1 N–H and O–H groups in total. The molecule has 2 aliphatic heterocycles. The van der Waals surface area contributed by atoms with Crippen LogP contribution in [-0.4, -0.2) is 77.6 Å². The van der Waals surface area contributed by atoms with Gasteiger partial charge in [-0.1, -0.05) is 5.16 Å². The number of carbonyl (C=O) groups excluding carboxylic acids is 2. The number of aryl methyl sites for hydroxylation is 1. The van der Waals surface area contributed by atoms with Gasteiger partial charge in [-0.15, -0.1) is 0 Å². The molecule has 2 fully saturated rings. The lowest BCUT2D eigenvalue weighted by Gasteiger charge is -2.35. The van der Waals surface area contributed by atoms with Crippen LogP contribution in [0, 0.1) is 6.92 Å². The number of rotatable bonds is 3. The summed E-state index contributed by atoms with van der Waals surface area (Å²) in [6.45, 7) is 6.65. The average Bonchev–Trinajstić information content (AvgIpc) is 3.01. The fraction of sp³-hybridized carbons (Fsp3) is 0.688. The number of amides is 3. The van der Waals surface area contributed by atoms with Crippen molar-refractivity contribution in [3.63, 3.8) is 0 Å². The number of hydrogen-bond acceptors (Lipinski definition) is 5. The average molecular weight is 335 g/mol. The molecule has 0 atom stereocenters. The number of nitrogens with zero attached hydrogens (tertiary/aromatic N) is 4. The molecule has 0 spiro atoms. The zero-order valence-electron chi connectivity index (χ0n) is 14.2. The van der Waals surface area contributed by atoms with Gasteiger partial charge in [0.2, 0.25) is 5.91 Å². The summed E-state index contributed by atoms with van der Waals surface area (Å²) in [6, 6.07) is 1.51. The minimum Gasteiger partial charge on any atom is -0.360 e. The SMILES string of the molecule is Cc1cc(NC(=O)N2CCN(CC(=O)N3CCCCC3)CC2)no1. The van der Waals surface area contributed by atoms with Crippen LogP contribution in [0.2, 0.25) is 0 Å². The lowest BCUT2D eigenvalue weighted by atomic mass is 10.1. The first kappa shape index (κ1) is 16.8. The van der Waals surface area contributed by atoms with Crippen molar-refractivity contribution in [2.45, 2.75) is 26.2 Å². The maximum absolute atomic E-state index is 12.3. The molecule has 0 unspecified atom stereocenters. The van der Waals surface area contributed by atoms with E-state index in [0.29, 0.717) is 44.3 Å². The van der Waals surface area contributed by atoms with E-state index in [1.54, 1.807) is 17.9 Å². The summed E-state index contributed by atoms with van der Waals surface area (Å²) >= 11 is 0. The van der Waals surface area contributed by atoms with E-state index in [2.05, 4.69) is 15.4 Å². The fourth-order valence-corrected chi connectivity index (χ4v) is 3.16. The molecule has 3 amide bonds. The second kappa shape index (κ2) is 7.65. The first-order chi connectivity index (χ1) is 11.6. The first-order valence-electron chi connectivity index (χ1n) is 8.61. The van der Waals surface area contributed by atoms with Gasteiger partial charge in [0.1, 0.15) is 5.76 Å². The van der Waals surface area contributed by atoms with Crippen LogP contribution >= 0.6 is 0 Å². The van der Waals surface area contributed by atoms with E-state index in [-0.39, 0.29) is 11.9 Å². The molecule has 2 saturated heterocycles. The topological polar surface area (TPSA) is 81.9 Å². The molecular formula is C16H25N5O3. The van der Waals surface area contributed by atoms with Gasteiger partial charge in [-0.05, 0) is 26.2 Å². The van der Waals surface area contributed by atoms with E-state index in [1.807, 2.05) is 4.90 Å². The molecule has 24 heavy (non-hydrogen) atoms. The van der Waals surface area contributed by atoms with Gasteiger partial charge >= 0.3 is 6.03 Å².